The van der Waals surface area contributed by atoms with E-state index >= 15 is 0 Å². The van der Waals surface area contributed by atoms with Crippen LogP contribution in [0.1, 0.15) is 12.5 Å². The molecule has 0 aliphatic carbocycles. The number of rotatable bonds is 2. The van der Waals surface area contributed by atoms with Crippen LogP contribution in [0.4, 0.5) is 0 Å². The predicted molar refractivity (Wildman–Crippen MR) is 102 cm³/mol. The molecule has 0 radical (unpaired) electrons. The Bertz CT molecular complexity index is 898. The summed E-state index contributed by atoms with van der Waals surface area (Å²) in [6.45, 7) is 6.85. The maximum Gasteiger partial charge on any atom is 0.243 e. The van der Waals surface area contributed by atoms with Crippen molar-refractivity contribution < 1.29 is 8.42 Å². The molecule has 26 heavy (non-hydrogen) atoms. The van der Waals surface area contributed by atoms with Crippen LogP contribution in [0.5, 0.6) is 0 Å². The van der Waals surface area contributed by atoms with Gasteiger partial charge in [-0.25, -0.2) is 13.4 Å². The van der Waals surface area contributed by atoms with E-state index in [-0.39, 0.29) is 0 Å². The highest BCUT2D eigenvalue weighted by Gasteiger charge is 2.35. The first-order valence-corrected chi connectivity index (χ1v) is 10.3. The van der Waals surface area contributed by atoms with Crippen LogP contribution in [0.25, 0.3) is 0 Å². The Kier molecular flexibility index (Phi) is 4.32. The van der Waals surface area contributed by atoms with Gasteiger partial charge in [0.1, 0.15) is 0 Å². The molecule has 0 saturated carbocycles. The van der Waals surface area contributed by atoms with Gasteiger partial charge in [-0.2, -0.15) is 4.31 Å². The summed E-state index contributed by atoms with van der Waals surface area (Å²) in [6.07, 6.45) is 3.76. The lowest BCUT2D eigenvalue weighted by Crippen LogP contribution is -2.54. The van der Waals surface area contributed by atoms with Crippen LogP contribution in [-0.4, -0.2) is 73.0 Å². The van der Waals surface area contributed by atoms with Gasteiger partial charge >= 0.3 is 0 Å². The predicted octanol–water partition coefficient (Wildman–Crippen LogP) is 1.29. The second-order valence-electron chi connectivity index (χ2n) is 6.83. The largest absolute Gasteiger partial charge is 0.351 e. The van der Waals surface area contributed by atoms with Crippen LogP contribution in [0.3, 0.4) is 0 Å². The number of hydrogen-bond donors (Lipinski definition) is 0. The van der Waals surface area contributed by atoms with Crippen molar-refractivity contribution in [2.75, 3.05) is 32.7 Å². The molecule has 0 spiro atoms. The first-order valence-electron chi connectivity index (χ1n) is 8.87. The molecule has 7 nitrogen and oxygen atoms in total. The number of sulfonamides is 1. The summed E-state index contributed by atoms with van der Waals surface area (Å²) in [5, 5.41) is 0. The maximum absolute atomic E-state index is 13.0. The second kappa shape index (κ2) is 6.51. The molecule has 0 N–H and O–H groups in total. The van der Waals surface area contributed by atoms with E-state index in [1.54, 1.807) is 22.6 Å². The number of hydrogen-bond acceptors (Lipinski definition) is 6. The van der Waals surface area contributed by atoms with Gasteiger partial charge in [-0.05, 0) is 25.5 Å². The second-order valence-corrected chi connectivity index (χ2v) is 8.73. The third-order valence-electron chi connectivity index (χ3n) is 5.10. The van der Waals surface area contributed by atoms with Gasteiger partial charge in [0.25, 0.3) is 0 Å². The highest BCUT2D eigenvalue weighted by Crippen LogP contribution is 2.22. The van der Waals surface area contributed by atoms with E-state index in [0.29, 0.717) is 37.1 Å². The third kappa shape index (κ3) is 2.83. The monoisotopic (exact) mass is 373 g/mol. The Morgan fingerprint density at radius 3 is 2.54 bits per heavy atom. The van der Waals surface area contributed by atoms with Crippen LogP contribution in [-0.2, 0) is 10.0 Å². The van der Waals surface area contributed by atoms with Gasteiger partial charge in [-0.1, -0.05) is 18.2 Å². The molecule has 1 saturated heterocycles. The average molecular weight is 373 g/mol. The minimum Gasteiger partial charge on any atom is -0.351 e. The van der Waals surface area contributed by atoms with Crippen LogP contribution in [0.2, 0.25) is 0 Å². The third-order valence-corrected chi connectivity index (χ3v) is 7.16. The van der Waals surface area contributed by atoms with Crippen LogP contribution in [0.15, 0.2) is 51.5 Å². The normalized spacial score (nSPS) is 23.7. The highest BCUT2D eigenvalue weighted by atomic mass is 32.2. The SMILES string of the molecule is Cc1ccccc1S(=O)(=O)N1CCN(C2=NC=CN3C2=NC[C@H]3C)CC1. The number of benzene rings is 1. The van der Waals surface area contributed by atoms with Gasteiger partial charge in [0.05, 0.1) is 17.5 Å². The van der Waals surface area contributed by atoms with E-state index in [9.17, 15) is 8.42 Å². The van der Waals surface area contributed by atoms with Gasteiger partial charge in [0.2, 0.25) is 10.0 Å². The lowest BCUT2D eigenvalue weighted by Gasteiger charge is -2.37. The quantitative estimate of drug-likeness (QED) is 0.783. The molecule has 1 atom stereocenters. The molecule has 0 unspecified atom stereocenters. The standard InChI is InChI=1S/C18H23N5O2S/c1-14-5-3-4-6-16(14)26(24,25)22-11-9-21(10-12-22)17-18-20-13-15(2)23(18)8-7-19-17/h3-8,15H,9-13H2,1-2H3/t15-/m1/s1. The molecule has 3 heterocycles. The molecule has 0 amide bonds. The summed E-state index contributed by atoms with van der Waals surface area (Å²) in [7, 11) is -3.46. The van der Waals surface area contributed by atoms with Crippen molar-refractivity contribution in [3.8, 4) is 0 Å². The number of aryl methyl sites for hydroxylation is 1. The topological polar surface area (TPSA) is 68.6 Å². The minimum absolute atomic E-state index is 0.342. The van der Waals surface area contributed by atoms with Crippen molar-refractivity contribution in [3.05, 3.63) is 42.2 Å². The first kappa shape index (κ1) is 17.2. The Morgan fingerprint density at radius 1 is 1.08 bits per heavy atom. The summed E-state index contributed by atoms with van der Waals surface area (Å²) in [4.78, 5) is 13.8. The van der Waals surface area contributed by atoms with Gasteiger partial charge < -0.3 is 9.80 Å². The molecule has 0 bridgehead atoms. The lowest BCUT2D eigenvalue weighted by molar-refractivity contribution is 0.266. The van der Waals surface area contributed by atoms with E-state index in [1.807, 2.05) is 25.3 Å². The number of piperazine rings is 1. The summed E-state index contributed by atoms with van der Waals surface area (Å²) < 4.78 is 27.5. The Balaban J connectivity index is 1.49. The average Bonchev–Trinajstić information content (AvgIpc) is 3.03. The Labute approximate surface area is 154 Å². The van der Waals surface area contributed by atoms with Crippen LogP contribution in [0, 0.1) is 6.92 Å². The molecule has 8 heteroatoms. The number of nitrogens with zero attached hydrogens (tertiary/aromatic N) is 5. The van der Waals surface area contributed by atoms with E-state index in [0.717, 1.165) is 23.8 Å². The van der Waals surface area contributed by atoms with Crippen molar-refractivity contribution in [2.24, 2.45) is 9.98 Å². The van der Waals surface area contributed by atoms with Gasteiger partial charge in [-0.3, -0.25) is 4.99 Å². The van der Waals surface area contributed by atoms with Crippen molar-refractivity contribution in [1.29, 1.82) is 0 Å². The summed E-state index contributed by atoms with van der Waals surface area (Å²) in [5.41, 5.74) is 0.779. The smallest absolute Gasteiger partial charge is 0.243 e. The molecule has 1 aromatic carbocycles. The van der Waals surface area contributed by atoms with Gasteiger partial charge in [0, 0.05) is 38.6 Å². The molecule has 138 valence electrons. The zero-order valence-electron chi connectivity index (χ0n) is 15.0. The molecular formula is C18H23N5O2S. The molecule has 1 fully saturated rings. The lowest BCUT2D eigenvalue weighted by atomic mass is 10.2. The van der Waals surface area contributed by atoms with E-state index in [2.05, 4.69) is 26.7 Å². The first-order chi connectivity index (χ1) is 12.5. The fourth-order valence-corrected chi connectivity index (χ4v) is 5.23. The number of amidine groups is 2. The summed E-state index contributed by atoms with van der Waals surface area (Å²) >= 11 is 0. The molecule has 0 aromatic heterocycles. The van der Waals surface area contributed by atoms with Crippen molar-refractivity contribution in [1.82, 2.24) is 14.1 Å². The zero-order valence-corrected chi connectivity index (χ0v) is 15.9. The van der Waals surface area contributed by atoms with Crippen LogP contribution >= 0.6 is 0 Å². The van der Waals surface area contributed by atoms with Crippen molar-refractivity contribution >= 4 is 21.7 Å². The molecular weight excluding hydrogens is 350 g/mol. The van der Waals surface area contributed by atoms with E-state index < -0.39 is 10.0 Å². The van der Waals surface area contributed by atoms with Crippen LogP contribution < -0.4 is 0 Å². The van der Waals surface area contributed by atoms with Gasteiger partial charge in [-0.15, -0.1) is 0 Å². The Morgan fingerprint density at radius 2 is 1.81 bits per heavy atom. The zero-order chi connectivity index (χ0) is 18.3. The van der Waals surface area contributed by atoms with E-state index in [4.69, 9.17) is 0 Å². The van der Waals surface area contributed by atoms with Gasteiger partial charge in [0.15, 0.2) is 11.7 Å². The molecule has 3 aliphatic rings. The highest BCUT2D eigenvalue weighted by molar-refractivity contribution is 7.89. The summed E-state index contributed by atoms with van der Waals surface area (Å²) in [6, 6.07) is 7.48. The summed E-state index contributed by atoms with van der Waals surface area (Å²) in [5.74, 6) is 1.75. The molecule has 3 aliphatic heterocycles. The van der Waals surface area contributed by atoms with Crippen molar-refractivity contribution in [2.45, 2.75) is 24.8 Å². The molecule has 4 rings (SSSR count). The number of aliphatic imine (C=N–C) groups is 2. The fourth-order valence-electron chi connectivity index (χ4n) is 3.58. The maximum atomic E-state index is 13.0. The minimum atomic E-state index is -3.46. The Hall–Kier alpha value is -2.19. The van der Waals surface area contributed by atoms with E-state index in [1.165, 1.54) is 0 Å². The van der Waals surface area contributed by atoms with Crippen molar-refractivity contribution in [3.63, 3.8) is 0 Å². The molecule has 1 aromatic rings. The fraction of sp³-hybridized carbons (Fsp3) is 0.444. The number of fused-ring (bicyclic) bond motifs is 1.